The summed E-state index contributed by atoms with van der Waals surface area (Å²) in [5, 5.41) is 0. The lowest BCUT2D eigenvalue weighted by molar-refractivity contribution is 0.401. The van der Waals surface area contributed by atoms with Gasteiger partial charge in [0.15, 0.2) is 0 Å². The molecule has 0 spiro atoms. The second-order valence-electron chi connectivity index (χ2n) is 2.51. The first-order chi connectivity index (χ1) is 4.86. The molecule has 0 amide bonds. The van der Waals surface area contributed by atoms with Crippen LogP contribution in [0.1, 0.15) is 12.8 Å². The molecule has 0 saturated carbocycles. The van der Waals surface area contributed by atoms with E-state index >= 15 is 0 Å². The molecule has 1 radical (unpaired) electrons. The Morgan fingerprint density at radius 3 is 2.70 bits per heavy atom. The lowest BCUT2D eigenvalue weighted by Gasteiger charge is -2.04. The van der Waals surface area contributed by atoms with Crippen LogP contribution < -0.4 is 0 Å². The van der Waals surface area contributed by atoms with Crippen molar-refractivity contribution in [3.05, 3.63) is 31.2 Å². The second-order valence-corrected chi connectivity index (χ2v) is 2.51. The lowest BCUT2D eigenvalue weighted by Crippen LogP contribution is -1.96. The zero-order chi connectivity index (χ0) is 7.40. The first-order valence-corrected chi connectivity index (χ1v) is 3.56. The molecule has 0 aromatic heterocycles. The summed E-state index contributed by atoms with van der Waals surface area (Å²) in [6, 6.07) is 0. The van der Waals surface area contributed by atoms with Gasteiger partial charge in [0.25, 0.3) is 0 Å². The van der Waals surface area contributed by atoms with Crippen molar-refractivity contribution in [3.63, 3.8) is 0 Å². The molecule has 1 unspecified atom stereocenters. The standard InChI is InChI=1S/C9H13O/c1-3-5-8(4-2)6-9-7-10-9/h3-4,9H,1-2,5-7H2. The van der Waals surface area contributed by atoms with Crippen LogP contribution in [0.5, 0.6) is 0 Å². The highest BCUT2D eigenvalue weighted by Crippen LogP contribution is 2.23. The van der Waals surface area contributed by atoms with Gasteiger partial charge in [0.2, 0.25) is 0 Å². The number of ether oxygens (including phenoxy) is 1. The predicted molar refractivity (Wildman–Crippen MR) is 42.6 cm³/mol. The van der Waals surface area contributed by atoms with E-state index in [2.05, 4.69) is 13.2 Å². The fourth-order valence-electron chi connectivity index (χ4n) is 0.914. The normalized spacial score (nSPS) is 22.7. The summed E-state index contributed by atoms with van der Waals surface area (Å²) in [6.45, 7) is 8.31. The highest BCUT2D eigenvalue weighted by atomic mass is 16.6. The Bertz CT molecular complexity index is 125. The zero-order valence-corrected chi connectivity index (χ0v) is 6.18. The molecule has 0 aliphatic carbocycles. The molecular formula is C9H13O. The smallest absolute Gasteiger partial charge is 0.0818 e. The van der Waals surface area contributed by atoms with E-state index in [0.29, 0.717) is 6.10 Å². The number of hydrogen-bond acceptors (Lipinski definition) is 1. The van der Waals surface area contributed by atoms with Crippen LogP contribution in [0.4, 0.5) is 0 Å². The fraction of sp³-hybridized carbons (Fsp3) is 0.444. The molecule has 1 atom stereocenters. The summed E-state index contributed by atoms with van der Waals surface area (Å²) in [7, 11) is 0. The van der Waals surface area contributed by atoms with E-state index in [4.69, 9.17) is 4.74 Å². The largest absolute Gasteiger partial charge is 0.373 e. The maximum atomic E-state index is 5.08. The maximum Gasteiger partial charge on any atom is 0.0818 e. The van der Waals surface area contributed by atoms with E-state index in [1.807, 2.05) is 12.2 Å². The third-order valence-electron chi connectivity index (χ3n) is 1.59. The third-order valence-corrected chi connectivity index (χ3v) is 1.59. The van der Waals surface area contributed by atoms with Crippen LogP contribution in [-0.2, 0) is 4.74 Å². The Morgan fingerprint density at radius 2 is 2.30 bits per heavy atom. The molecule has 1 rings (SSSR count). The quantitative estimate of drug-likeness (QED) is 0.417. The summed E-state index contributed by atoms with van der Waals surface area (Å²) in [5.74, 6) is 1.33. The second kappa shape index (κ2) is 3.57. The molecule has 1 saturated heterocycles. The number of rotatable bonds is 5. The van der Waals surface area contributed by atoms with Crippen molar-refractivity contribution in [1.29, 1.82) is 0 Å². The Balaban J connectivity index is 2.17. The maximum absolute atomic E-state index is 5.08. The van der Waals surface area contributed by atoms with E-state index in [1.54, 1.807) is 0 Å². The summed E-state index contributed by atoms with van der Waals surface area (Å²) >= 11 is 0. The van der Waals surface area contributed by atoms with Crippen molar-refractivity contribution >= 4 is 0 Å². The highest BCUT2D eigenvalue weighted by molar-refractivity contribution is 5.11. The minimum Gasteiger partial charge on any atom is -0.373 e. The number of hydrogen-bond donors (Lipinski definition) is 0. The molecule has 1 heteroatoms. The summed E-state index contributed by atoms with van der Waals surface area (Å²) < 4.78 is 5.08. The van der Waals surface area contributed by atoms with Crippen molar-refractivity contribution in [2.45, 2.75) is 18.9 Å². The van der Waals surface area contributed by atoms with E-state index < -0.39 is 0 Å². The molecular weight excluding hydrogens is 124 g/mol. The van der Waals surface area contributed by atoms with Crippen molar-refractivity contribution in [2.75, 3.05) is 6.61 Å². The monoisotopic (exact) mass is 137 g/mol. The average molecular weight is 137 g/mol. The number of epoxide rings is 1. The predicted octanol–water partition coefficient (Wildman–Crippen LogP) is 2.11. The van der Waals surface area contributed by atoms with Crippen LogP contribution in [0, 0.1) is 5.92 Å². The first-order valence-electron chi connectivity index (χ1n) is 3.56. The summed E-state index contributed by atoms with van der Waals surface area (Å²) in [4.78, 5) is 0. The highest BCUT2D eigenvalue weighted by Gasteiger charge is 2.24. The molecule has 0 aromatic rings. The van der Waals surface area contributed by atoms with E-state index in [1.165, 1.54) is 5.92 Å². The van der Waals surface area contributed by atoms with Gasteiger partial charge in [0.05, 0.1) is 12.7 Å². The van der Waals surface area contributed by atoms with Crippen LogP contribution >= 0.6 is 0 Å². The molecule has 0 bridgehead atoms. The van der Waals surface area contributed by atoms with E-state index in [9.17, 15) is 0 Å². The Morgan fingerprint density at radius 1 is 1.60 bits per heavy atom. The van der Waals surface area contributed by atoms with Gasteiger partial charge in [-0.05, 0) is 12.8 Å². The van der Waals surface area contributed by atoms with Crippen LogP contribution in [0.25, 0.3) is 0 Å². The summed E-state index contributed by atoms with van der Waals surface area (Å²) in [6.07, 6.45) is 6.27. The molecule has 10 heavy (non-hydrogen) atoms. The minimum absolute atomic E-state index is 0.480. The SMILES string of the molecule is C=CC[C](C=C)CC1CO1. The van der Waals surface area contributed by atoms with E-state index in [0.717, 1.165) is 19.4 Å². The van der Waals surface area contributed by atoms with Gasteiger partial charge in [0, 0.05) is 5.92 Å². The molecule has 1 heterocycles. The van der Waals surface area contributed by atoms with Gasteiger partial charge in [-0.25, -0.2) is 0 Å². The van der Waals surface area contributed by atoms with Crippen molar-refractivity contribution in [1.82, 2.24) is 0 Å². The molecule has 0 N–H and O–H groups in total. The average Bonchev–Trinajstić information content (AvgIpc) is 2.71. The molecule has 1 fully saturated rings. The molecule has 1 nitrogen and oxygen atoms in total. The minimum atomic E-state index is 0.480. The topological polar surface area (TPSA) is 12.5 Å². The van der Waals surface area contributed by atoms with Crippen LogP contribution in [0.2, 0.25) is 0 Å². The van der Waals surface area contributed by atoms with Gasteiger partial charge in [-0.15, -0.1) is 13.2 Å². The molecule has 1 aliphatic rings. The van der Waals surface area contributed by atoms with Gasteiger partial charge >= 0.3 is 0 Å². The Labute approximate surface area is 62.4 Å². The van der Waals surface area contributed by atoms with Gasteiger partial charge in [-0.1, -0.05) is 12.2 Å². The van der Waals surface area contributed by atoms with Crippen LogP contribution in [0.3, 0.4) is 0 Å². The van der Waals surface area contributed by atoms with Crippen molar-refractivity contribution in [2.24, 2.45) is 0 Å². The fourth-order valence-corrected chi connectivity index (χ4v) is 0.914. The first kappa shape index (κ1) is 7.55. The molecule has 0 aromatic carbocycles. The van der Waals surface area contributed by atoms with Crippen molar-refractivity contribution < 1.29 is 4.74 Å². The zero-order valence-electron chi connectivity index (χ0n) is 6.18. The van der Waals surface area contributed by atoms with Crippen molar-refractivity contribution in [3.8, 4) is 0 Å². The lowest BCUT2D eigenvalue weighted by atomic mass is 10.0. The van der Waals surface area contributed by atoms with Gasteiger partial charge in [0.1, 0.15) is 0 Å². The van der Waals surface area contributed by atoms with Gasteiger partial charge < -0.3 is 4.74 Å². The molecule has 55 valence electrons. The molecule has 1 aliphatic heterocycles. The van der Waals surface area contributed by atoms with Crippen LogP contribution in [-0.4, -0.2) is 12.7 Å². The Hall–Kier alpha value is -0.560. The van der Waals surface area contributed by atoms with Gasteiger partial charge in [-0.2, -0.15) is 0 Å². The van der Waals surface area contributed by atoms with Gasteiger partial charge in [-0.3, -0.25) is 0 Å². The third kappa shape index (κ3) is 2.36. The van der Waals surface area contributed by atoms with Crippen LogP contribution in [0.15, 0.2) is 25.3 Å². The number of allylic oxidation sites excluding steroid dienone is 2. The summed E-state index contributed by atoms with van der Waals surface area (Å²) in [5.41, 5.74) is 0. The Kier molecular flexibility index (Phi) is 2.69. The van der Waals surface area contributed by atoms with E-state index in [-0.39, 0.29) is 0 Å².